The molecule has 0 radical (unpaired) electrons. The molecule has 454 valence electrons. The number of aliphatic hydroxyl groups excluding tert-OH is 14. The summed E-state index contributed by atoms with van der Waals surface area (Å²) in [6, 6.07) is 0. The van der Waals surface area contributed by atoms with Gasteiger partial charge in [0.1, 0.15) is 79.4 Å². The van der Waals surface area contributed by atoms with Crippen LogP contribution in [0.5, 0.6) is 0 Å². The highest BCUT2D eigenvalue weighted by Crippen LogP contribution is 2.76. The van der Waals surface area contributed by atoms with Crippen LogP contribution in [0.2, 0.25) is 0 Å². The largest absolute Gasteiger partial charge is 0.467 e. The van der Waals surface area contributed by atoms with E-state index in [-0.39, 0.29) is 41.8 Å². The normalized spacial score (nSPS) is 56.7. The van der Waals surface area contributed by atoms with Crippen molar-refractivity contribution in [3.05, 3.63) is 11.6 Å². The molecular weight excluding hydrogens is 1040 g/mol. The topological polar surface area (TPSA) is 383 Å². The molecule has 0 aromatic carbocycles. The molecule has 4 heterocycles. The zero-order valence-corrected chi connectivity index (χ0v) is 46.7. The summed E-state index contributed by atoms with van der Waals surface area (Å²) in [6.45, 7) is 14.2. The lowest BCUT2D eigenvalue weighted by Gasteiger charge is -2.72. The molecule has 24 nitrogen and oxygen atoms in total. The Hall–Kier alpha value is -1.67. The van der Waals surface area contributed by atoms with Crippen LogP contribution in [0.4, 0.5) is 0 Å². The summed E-state index contributed by atoms with van der Waals surface area (Å²) in [4.78, 5) is 13.2. The van der Waals surface area contributed by atoms with Gasteiger partial charge in [0.15, 0.2) is 31.3 Å². The number of hydrogen-bond acceptors (Lipinski definition) is 24. The molecule has 0 aromatic rings. The predicted molar refractivity (Wildman–Crippen MR) is 269 cm³/mol. The van der Waals surface area contributed by atoms with Crippen molar-refractivity contribution in [1.82, 2.24) is 0 Å². The fourth-order valence-corrected chi connectivity index (χ4v) is 16.8. The van der Waals surface area contributed by atoms with Crippen LogP contribution in [0.1, 0.15) is 107 Å². The van der Waals surface area contributed by atoms with E-state index in [0.717, 1.165) is 13.5 Å². The Morgan fingerprint density at radius 1 is 0.582 bits per heavy atom. The van der Waals surface area contributed by atoms with Crippen molar-refractivity contribution < 1.29 is 119 Å². The predicted octanol–water partition coefficient (Wildman–Crippen LogP) is -2.41. The van der Waals surface area contributed by atoms with Gasteiger partial charge in [-0.3, -0.25) is 0 Å². The van der Waals surface area contributed by atoms with E-state index < -0.39 is 175 Å². The van der Waals surface area contributed by atoms with E-state index in [1.54, 1.807) is 6.92 Å². The van der Waals surface area contributed by atoms with Crippen molar-refractivity contribution in [1.29, 1.82) is 0 Å². The lowest BCUT2D eigenvalue weighted by molar-refractivity contribution is -0.396. The highest BCUT2D eigenvalue weighted by Gasteiger charge is 2.71. The number of ether oxygens (including phenoxy) is 9. The van der Waals surface area contributed by atoms with E-state index in [1.807, 2.05) is 13.8 Å². The molecule has 24 heteroatoms. The number of carbonyl (C=O) groups is 1. The van der Waals surface area contributed by atoms with Crippen molar-refractivity contribution in [2.24, 2.45) is 50.2 Å². The maximum absolute atomic E-state index is 13.2. The second-order valence-corrected chi connectivity index (χ2v) is 26.4. The third kappa shape index (κ3) is 9.72. The zero-order chi connectivity index (χ0) is 58.0. The number of hydrogen-bond donors (Lipinski definition) is 14. The minimum absolute atomic E-state index is 0.0783. The Bertz CT molecular complexity index is 2190. The second-order valence-electron chi connectivity index (χ2n) is 26.4. The van der Waals surface area contributed by atoms with Crippen LogP contribution in [0.3, 0.4) is 0 Å². The maximum atomic E-state index is 13.2. The second kappa shape index (κ2) is 22.3. The molecule has 4 aliphatic heterocycles. The van der Waals surface area contributed by atoms with Gasteiger partial charge in [0.2, 0.25) is 0 Å². The molecule has 5 aliphatic carbocycles. The summed E-state index contributed by atoms with van der Waals surface area (Å²) in [5.41, 5.74) is -2.61. The van der Waals surface area contributed by atoms with Gasteiger partial charge in [0, 0.05) is 16.2 Å². The fraction of sp³-hybridized carbons (Fsp3) is 0.945. The first kappa shape index (κ1) is 61.9. The molecule has 0 aromatic heterocycles. The first-order valence-corrected chi connectivity index (χ1v) is 28.3. The molecule has 0 amide bonds. The Morgan fingerprint density at radius 2 is 1.15 bits per heavy atom. The summed E-state index contributed by atoms with van der Waals surface area (Å²) in [7, 11) is 1.07. The molecule has 32 atom stereocenters. The van der Waals surface area contributed by atoms with Gasteiger partial charge in [0.05, 0.1) is 57.5 Å². The van der Waals surface area contributed by atoms with Crippen molar-refractivity contribution in [2.75, 3.05) is 26.9 Å². The van der Waals surface area contributed by atoms with E-state index in [1.165, 1.54) is 12.5 Å². The third-order valence-corrected chi connectivity index (χ3v) is 22.2. The van der Waals surface area contributed by atoms with Crippen molar-refractivity contribution in [2.45, 2.75) is 248 Å². The molecule has 4 saturated carbocycles. The number of allylic oxidation sites excluding steroid dienone is 2. The fourth-order valence-electron chi connectivity index (χ4n) is 16.8. The number of esters is 1. The third-order valence-electron chi connectivity index (χ3n) is 22.2. The smallest absolute Gasteiger partial charge is 0.337 e. The molecule has 4 saturated heterocycles. The van der Waals surface area contributed by atoms with E-state index in [9.17, 15) is 76.3 Å². The van der Waals surface area contributed by atoms with Gasteiger partial charge in [-0.15, -0.1) is 0 Å². The maximum Gasteiger partial charge on any atom is 0.337 e. The summed E-state index contributed by atoms with van der Waals surface area (Å²) in [6.07, 6.45) is -28.8. The Balaban J connectivity index is 0.981. The average molecular weight is 1140 g/mol. The van der Waals surface area contributed by atoms with E-state index in [0.29, 0.717) is 44.9 Å². The van der Waals surface area contributed by atoms with Crippen molar-refractivity contribution in [3.8, 4) is 0 Å². The van der Waals surface area contributed by atoms with E-state index in [2.05, 4.69) is 33.8 Å². The number of carbonyl (C=O) groups excluding carboxylic acids is 1. The van der Waals surface area contributed by atoms with Crippen molar-refractivity contribution in [3.63, 3.8) is 0 Å². The number of rotatable bonds is 12. The molecule has 14 N–H and O–H groups in total. The lowest BCUT2D eigenvalue weighted by atomic mass is 9.33. The van der Waals surface area contributed by atoms with Gasteiger partial charge in [0.25, 0.3) is 0 Å². The molecule has 9 rings (SSSR count). The summed E-state index contributed by atoms with van der Waals surface area (Å²) in [5, 5.41) is 155. The van der Waals surface area contributed by atoms with Gasteiger partial charge in [-0.25, -0.2) is 4.79 Å². The van der Waals surface area contributed by atoms with E-state index in [4.69, 9.17) is 42.6 Å². The first-order valence-electron chi connectivity index (χ1n) is 28.3. The van der Waals surface area contributed by atoms with Crippen LogP contribution < -0.4 is 0 Å². The van der Waals surface area contributed by atoms with Crippen LogP contribution in [-0.2, 0) is 47.4 Å². The first-order chi connectivity index (χ1) is 37.0. The Kier molecular flexibility index (Phi) is 17.5. The van der Waals surface area contributed by atoms with Gasteiger partial charge in [-0.2, -0.15) is 0 Å². The summed E-state index contributed by atoms with van der Waals surface area (Å²) < 4.78 is 53.9. The summed E-state index contributed by atoms with van der Waals surface area (Å²) in [5.74, 6) is -1.33. The molecule has 0 spiro atoms. The highest BCUT2D eigenvalue weighted by molar-refractivity contribution is 5.75. The van der Waals surface area contributed by atoms with Crippen LogP contribution in [0.25, 0.3) is 0 Å². The number of methoxy groups -OCH3 is 1. The molecule has 0 bridgehead atoms. The van der Waals surface area contributed by atoms with Gasteiger partial charge < -0.3 is 114 Å². The monoisotopic (exact) mass is 1130 g/mol. The number of fused-ring (bicyclic) bond motifs is 7. The highest BCUT2D eigenvalue weighted by atomic mass is 16.8. The van der Waals surface area contributed by atoms with Gasteiger partial charge in [-0.05, 0) is 99.2 Å². The molecule has 9 aliphatic rings. The SMILES string of the molecule is COC(=O)C1OC(OC2CCC3(C)C(CCC4(C)C3CC=C3C5CC(C)(CO)C(OC6OC(C)C(O)C(O)C6O)C(O)C5(C)CCC34C)C2(C)CO)C(OC2OC(CO)C(O)C(O)C2OC2OC(C)C(O)C(O)C2O)C(O)C1O. The molecule has 32 unspecified atom stereocenters. The van der Waals surface area contributed by atoms with E-state index >= 15 is 0 Å². The van der Waals surface area contributed by atoms with Crippen LogP contribution in [0.15, 0.2) is 11.6 Å². The molecule has 79 heavy (non-hydrogen) atoms. The lowest BCUT2D eigenvalue weighted by Crippen LogP contribution is -2.69. The molecule has 8 fully saturated rings. The summed E-state index contributed by atoms with van der Waals surface area (Å²) >= 11 is 0. The van der Waals surface area contributed by atoms with Crippen LogP contribution >= 0.6 is 0 Å². The molecular formula is C55H90O24. The van der Waals surface area contributed by atoms with Crippen LogP contribution in [0, 0.1) is 50.2 Å². The van der Waals surface area contributed by atoms with Gasteiger partial charge in [-0.1, -0.05) is 53.2 Å². The van der Waals surface area contributed by atoms with Crippen LogP contribution in [-0.4, -0.2) is 246 Å². The Morgan fingerprint density at radius 3 is 1.72 bits per heavy atom. The minimum atomic E-state index is -2.01. The standard InChI is InChI=1S/C55H90O24/c1-22-30(59)33(62)38(67)46(72-22)77-41-35(64)32(61)26(19-56)74-48(41)78-42-37(66)36(65)40(45(70)71-9)76-49(42)75-29-13-14-52(5)27(53(29,6)21-58)12-15-55(8)28(52)11-10-24-25-18-50(3,20-57)44(43(69)51(25,4)16-17-54(24,55)7)79-47-39(68)34(63)31(60)23(2)73-47/h10,22-23,25-44,46-49,56-69H,11-21H2,1-9H3. The Labute approximate surface area is 460 Å². The minimum Gasteiger partial charge on any atom is -0.467 e. The van der Waals surface area contributed by atoms with Crippen molar-refractivity contribution >= 4 is 5.97 Å². The van der Waals surface area contributed by atoms with Gasteiger partial charge >= 0.3 is 5.97 Å². The number of aliphatic hydroxyl groups is 14. The zero-order valence-electron chi connectivity index (χ0n) is 46.7. The average Bonchev–Trinajstić information content (AvgIpc) is 2.74. The quantitative estimate of drug-likeness (QED) is 0.0550.